The van der Waals surface area contributed by atoms with Crippen molar-refractivity contribution < 1.29 is 0 Å². The first-order valence-electron chi connectivity index (χ1n) is 6.93. The highest BCUT2D eigenvalue weighted by molar-refractivity contribution is 5.88. The predicted octanol–water partition coefficient (Wildman–Crippen LogP) is 3.55. The third-order valence-electron chi connectivity index (χ3n) is 3.52. The zero-order chi connectivity index (χ0) is 12.2. The van der Waals surface area contributed by atoms with Crippen molar-refractivity contribution in [3.63, 3.8) is 0 Å². The minimum Gasteiger partial charge on any atom is -0.369 e. The number of hydrogen-bond donors (Lipinski definition) is 1. The normalized spacial score (nSPS) is 16.9. The molecule has 3 nitrogen and oxygen atoms in total. The molecule has 2 bridgehead atoms. The summed E-state index contributed by atoms with van der Waals surface area (Å²) in [5.41, 5.74) is 1.06. The lowest BCUT2D eigenvalue weighted by Gasteiger charge is -2.09. The number of hydrogen-bond acceptors (Lipinski definition) is 3. The topological polar surface area (TPSA) is 37.8 Å². The number of aromatic nitrogens is 2. The van der Waals surface area contributed by atoms with Gasteiger partial charge in [0.05, 0.1) is 5.52 Å². The van der Waals surface area contributed by atoms with E-state index in [-0.39, 0.29) is 0 Å². The number of benzene rings is 1. The van der Waals surface area contributed by atoms with Gasteiger partial charge in [-0.15, -0.1) is 0 Å². The lowest BCUT2D eigenvalue weighted by Crippen LogP contribution is -2.06. The van der Waals surface area contributed by atoms with Crippen molar-refractivity contribution in [2.75, 3.05) is 11.9 Å². The molecule has 0 atom stereocenters. The van der Waals surface area contributed by atoms with Gasteiger partial charge in [-0.2, -0.15) is 0 Å². The summed E-state index contributed by atoms with van der Waals surface area (Å²) in [5, 5.41) is 4.61. The first-order valence-corrected chi connectivity index (χ1v) is 6.93. The fourth-order valence-corrected chi connectivity index (χ4v) is 2.52. The first-order chi connectivity index (χ1) is 8.93. The largest absolute Gasteiger partial charge is 0.369 e. The van der Waals surface area contributed by atoms with Crippen LogP contribution in [0.1, 0.15) is 37.9 Å². The van der Waals surface area contributed by atoms with Gasteiger partial charge in [-0.25, -0.2) is 9.97 Å². The quantitative estimate of drug-likeness (QED) is 0.766. The second-order valence-corrected chi connectivity index (χ2v) is 4.95. The van der Waals surface area contributed by atoms with Gasteiger partial charge in [-0.1, -0.05) is 31.4 Å². The van der Waals surface area contributed by atoms with Crippen molar-refractivity contribution in [2.24, 2.45) is 0 Å². The molecular weight excluding hydrogens is 222 g/mol. The van der Waals surface area contributed by atoms with Crippen LogP contribution < -0.4 is 5.32 Å². The number of rotatable bonds is 0. The van der Waals surface area contributed by atoms with E-state index in [2.05, 4.69) is 33.5 Å². The number of nitrogens with one attached hydrogen (secondary N) is 1. The number of aryl methyl sites for hydroxylation is 1. The summed E-state index contributed by atoms with van der Waals surface area (Å²) in [5.74, 6) is 2.00. The summed E-state index contributed by atoms with van der Waals surface area (Å²) in [7, 11) is 0. The van der Waals surface area contributed by atoms with Crippen molar-refractivity contribution in [1.82, 2.24) is 9.97 Å². The van der Waals surface area contributed by atoms with Crippen molar-refractivity contribution in [3.05, 3.63) is 30.1 Å². The highest BCUT2D eigenvalue weighted by Crippen LogP contribution is 2.21. The van der Waals surface area contributed by atoms with Crippen LogP contribution in [0.5, 0.6) is 0 Å². The average molecular weight is 241 g/mol. The van der Waals surface area contributed by atoms with Gasteiger partial charge in [0.1, 0.15) is 11.6 Å². The SMILES string of the molecule is c1ccc2c3nc(nc2c1)CCCCCCCN3. The fraction of sp³-hybridized carbons (Fsp3) is 0.467. The Morgan fingerprint density at radius 3 is 2.72 bits per heavy atom. The van der Waals surface area contributed by atoms with E-state index in [4.69, 9.17) is 0 Å². The molecule has 0 fully saturated rings. The standard InChI is InChI=1S/C15H19N3/c1-2-4-10-14-17-13-9-6-5-8-12(13)15(18-14)16-11-7-3-1/h5-6,8-9H,1-4,7,10-11H2,(H,16,17,18). The highest BCUT2D eigenvalue weighted by Gasteiger charge is 2.08. The van der Waals surface area contributed by atoms with E-state index in [1.807, 2.05) is 6.07 Å². The molecule has 2 aromatic rings. The molecule has 1 aromatic heterocycles. The maximum absolute atomic E-state index is 4.68. The van der Waals surface area contributed by atoms with Crippen LogP contribution in [-0.4, -0.2) is 16.5 Å². The Hall–Kier alpha value is -1.64. The Kier molecular flexibility index (Phi) is 3.40. The lowest BCUT2D eigenvalue weighted by molar-refractivity contribution is 0.620. The first kappa shape index (κ1) is 11.5. The molecule has 1 N–H and O–H groups in total. The monoisotopic (exact) mass is 241 g/mol. The molecule has 3 rings (SSSR count). The Labute approximate surface area is 108 Å². The van der Waals surface area contributed by atoms with E-state index >= 15 is 0 Å². The molecule has 0 saturated carbocycles. The van der Waals surface area contributed by atoms with E-state index in [0.29, 0.717) is 0 Å². The van der Waals surface area contributed by atoms with Crippen LogP contribution in [0.2, 0.25) is 0 Å². The molecule has 94 valence electrons. The van der Waals surface area contributed by atoms with Crippen LogP contribution in [-0.2, 0) is 6.42 Å². The molecule has 18 heavy (non-hydrogen) atoms. The van der Waals surface area contributed by atoms with Crippen molar-refractivity contribution in [3.8, 4) is 0 Å². The summed E-state index contributed by atoms with van der Waals surface area (Å²) in [6, 6.07) is 8.27. The van der Waals surface area contributed by atoms with Gasteiger partial charge in [-0.3, -0.25) is 0 Å². The molecule has 0 aliphatic carbocycles. The van der Waals surface area contributed by atoms with Crippen LogP contribution in [0.25, 0.3) is 10.9 Å². The highest BCUT2D eigenvalue weighted by atomic mass is 15.0. The number of fused-ring (bicyclic) bond motifs is 4. The number of anilines is 1. The van der Waals surface area contributed by atoms with Crippen molar-refractivity contribution >= 4 is 16.7 Å². The third-order valence-corrected chi connectivity index (χ3v) is 3.52. The van der Waals surface area contributed by atoms with Gasteiger partial charge in [0, 0.05) is 18.4 Å². The summed E-state index contributed by atoms with van der Waals surface area (Å²) in [4.78, 5) is 9.34. The Bertz CT molecular complexity index is 536. The molecule has 3 heteroatoms. The van der Waals surface area contributed by atoms with Crippen LogP contribution >= 0.6 is 0 Å². The molecule has 1 aliphatic rings. The van der Waals surface area contributed by atoms with Gasteiger partial charge < -0.3 is 5.32 Å². The Balaban J connectivity index is 2.02. The molecule has 0 amide bonds. The summed E-state index contributed by atoms with van der Waals surface area (Å²) < 4.78 is 0. The summed E-state index contributed by atoms with van der Waals surface area (Å²) in [6.45, 7) is 1.01. The molecular formula is C15H19N3. The molecule has 0 unspecified atom stereocenters. The fourth-order valence-electron chi connectivity index (χ4n) is 2.52. The van der Waals surface area contributed by atoms with Gasteiger partial charge in [0.2, 0.25) is 0 Å². The molecule has 2 heterocycles. The van der Waals surface area contributed by atoms with E-state index < -0.39 is 0 Å². The maximum Gasteiger partial charge on any atom is 0.137 e. The second kappa shape index (κ2) is 5.34. The van der Waals surface area contributed by atoms with E-state index in [0.717, 1.165) is 35.5 Å². The van der Waals surface area contributed by atoms with Crippen LogP contribution in [0.4, 0.5) is 5.82 Å². The Morgan fingerprint density at radius 1 is 0.889 bits per heavy atom. The lowest BCUT2D eigenvalue weighted by atomic mass is 10.1. The van der Waals surface area contributed by atoms with Gasteiger partial charge in [0.15, 0.2) is 0 Å². The maximum atomic E-state index is 4.68. The van der Waals surface area contributed by atoms with E-state index in [9.17, 15) is 0 Å². The minimum atomic E-state index is 0.984. The van der Waals surface area contributed by atoms with Gasteiger partial charge >= 0.3 is 0 Å². The van der Waals surface area contributed by atoms with Gasteiger partial charge in [-0.05, 0) is 25.0 Å². The smallest absolute Gasteiger partial charge is 0.137 e. The zero-order valence-electron chi connectivity index (χ0n) is 10.7. The van der Waals surface area contributed by atoms with E-state index in [1.165, 1.54) is 32.1 Å². The van der Waals surface area contributed by atoms with Crippen LogP contribution in [0.3, 0.4) is 0 Å². The number of para-hydroxylation sites is 1. The summed E-state index contributed by atoms with van der Waals surface area (Å²) >= 11 is 0. The predicted molar refractivity (Wildman–Crippen MR) is 74.8 cm³/mol. The van der Waals surface area contributed by atoms with Gasteiger partial charge in [0.25, 0.3) is 0 Å². The van der Waals surface area contributed by atoms with Crippen LogP contribution in [0, 0.1) is 0 Å². The third kappa shape index (κ3) is 2.45. The molecule has 0 spiro atoms. The summed E-state index contributed by atoms with van der Waals surface area (Å²) in [6.07, 6.45) is 7.38. The van der Waals surface area contributed by atoms with E-state index in [1.54, 1.807) is 0 Å². The minimum absolute atomic E-state index is 0.984. The zero-order valence-corrected chi connectivity index (χ0v) is 10.7. The van der Waals surface area contributed by atoms with Crippen molar-refractivity contribution in [1.29, 1.82) is 0 Å². The van der Waals surface area contributed by atoms with Crippen LogP contribution in [0.15, 0.2) is 24.3 Å². The average Bonchev–Trinajstić information content (AvgIpc) is 2.44. The number of nitrogens with zero attached hydrogens (tertiary/aromatic N) is 2. The van der Waals surface area contributed by atoms with Crippen molar-refractivity contribution in [2.45, 2.75) is 38.5 Å². The molecule has 0 radical (unpaired) electrons. The molecule has 1 aromatic carbocycles. The second-order valence-electron chi connectivity index (χ2n) is 4.95. The molecule has 1 aliphatic heterocycles. The Morgan fingerprint density at radius 2 is 1.72 bits per heavy atom. The molecule has 0 saturated heterocycles.